The van der Waals surface area contributed by atoms with Gasteiger partial charge in [0.15, 0.2) is 0 Å². The summed E-state index contributed by atoms with van der Waals surface area (Å²) in [5.74, 6) is -0.970. The number of oxime groups is 1. The van der Waals surface area contributed by atoms with E-state index in [1.807, 2.05) is 20.8 Å². The summed E-state index contributed by atoms with van der Waals surface area (Å²) in [6, 6.07) is 0. The molecule has 3 N–H and O–H groups in total. The van der Waals surface area contributed by atoms with E-state index >= 15 is 0 Å². The van der Waals surface area contributed by atoms with Gasteiger partial charge in [0.05, 0.1) is 12.1 Å². The number of aromatic nitrogens is 2. The average molecular weight is 334 g/mol. The number of hydrogen-bond acceptors (Lipinski definition) is 7. The molecule has 0 spiro atoms. The third-order valence-corrected chi connectivity index (χ3v) is 4.03. The van der Waals surface area contributed by atoms with Crippen LogP contribution in [0.3, 0.4) is 0 Å². The lowest BCUT2D eigenvalue weighted by Crippen LogP contribution is -2.55. The first kappa shape index (κ1) is 18.3. The number of rotatable bonds is 7. The lowest BCUT2D eigenvalue weighted by molar-refractivity contribution is -0.144. The monoisotopic (exact) mass is 334 g/mol. The highest BCUT2D eigenvalue weighted by Crippen LogP contribution is 2.30. The van der Waals surface area contributed by atoms with Crippen molar-refractivity contribution in [1.29, 1.82) is 0 Å². The summed E-state index contributed by atoms with van der Waals surface area (Å²) in [6.45, 7) is 5.71. The lowest BCUT2D eigenvalue weighted by Gasteiger charge is -2.27. The van der Waals surface area contributed by atoms with E-state index in [-0.39, 0.29) is 12.3 Å². The molecule has 8 nitrogen and oxygen atoms in total. The van der Waals surface area contributed by atoms with Crippen molar-refractivity contribution in [3.8, 4) is 0 Å². The second kappa shape index (κ2) is 7.72. The Labute approximate surface area is 141 Å². The molecule has 1 aliphatic heterocycles. The van der Waals surface area contributed by atoms with Crippen LogP contribution in [0.2, 0.25) is 0 Å². The van der Waals surface area contributed by atoms with Crippen molar-refractivity contribution < 1.29 is 19.7 Å². The standard InChI is InChI=1S/C15H23BN4O4/c1-4-15(14(21)19-13(16(22)23)7-10(2)3)8-11(20-24-15)12-9-17-5-6-18-12/h5-6,9-10,13,22-23H,4,7-8H2,1-3H3,(H,19,21)/t13-,15?/m0/s1. The Kier molecular flexibility index (Phi) is 5.90. The van der Waals surface area contributed by atoms with Crippen LogP contribution in [0, 0.1) is 5.92 Å². The van der Waals surface area contributed by atoms with Crippen molar-refractivity contribution in [2.45, 2.75) is 51.6 Å². The highest BCUT2D eigenvalue weighted by Gasteiger charge is 2.47. The van der Waals surface area contributed by atoms with Crippen LogP contribution in [0.1, 0.15) is 45.7 Å². The number of nitrogens with one attached hydrogen (secondary N) is 1. The second-order valence-corrected chi connectivity index (χ2v) is 6.37. The molecule has 0 fully saturated rings. The molecule has 0 radical (unpaired) electrons. The van der Waals surface area contributed by atoms with Crippen molar-refractivity contribution in [1.82, 2.24) is 15.3 Å². The van der Waals surface area contributed by atoms with Crippen molar-refractivity contribution in [2.24, 2.45) is 11.1 Å². The fraction of sp³-hybridized carbons (Fsp3) is 0.600. The Bertz CT molecular complexity index is 596. The second-order valence-electron chi connectivity index (χ2n) is 6.37. The summed E-state index contributed by atoms with van der Waals surface area (Å²) in [5.41, 5.74) is -0.0663. The van der Waals surface area contributed by atoms with Crippen LogP contribution in [0.5, 0.6) is 0 Å². The molecular weight excluding hydrogens is 311 g/mol. The zero-order chi connectivity index (χ0) is 17.7. The Morgan fingerprint density at radius 1 is 1.46 bits per heavy atom. The number of carbonyl (C=O) groups excluding carboxylic acids is 1. The van der Waals surface area contributed by atoms with Gasteiger partial charge in [-0.3, -0.25) is 14.8 Å². The number of amides is 1. The average Bonchev–Trinajstić information content (AvgIpc) is 3.00. The maximum Gasteiger partial charge on any atom is 0.475 e. The van der Waals surface area contributed by atoms with E-state index in [1.54, 1.807) is 18.6 Å². The molecule has 2 rings (SSSR count). The van der Waals surface area contributed by atoms with Gasteiger partial charge >= 0.3 is 7.12 Å². The highest BCUT2D eigenvalue weighted by molar-refractivity contribution is 6.43. The SMILES string of the molecule is CCC1(C(=O)N[C@@H](CC(C)C)B(O)O)CC(c2cnccn2)=NO1. The van der Waals surface area contributed by atoms with Gasteiger partial charge < -0.3 is 20.2 Å². The number of nitrogens with zero attached hydrogens (tertiary/aromatic N) is 3. The van der Waals surface area contributed by atoms with Crippen molar-refractivity contribution in [2.75, 3.05) is 0 Å². The summed E-state index contributed by atoms with van der Waals surface area (Å²) in [7, 11) is -1.63. The van der Waals surface area contributed by atoms with Crippen LogP contribution in [0.15, 0.2) is 23.7 Å². The molecule has 2 atom stereocenters. The summed E-state index contributed by atoms with van der Waals surface area (Å²) >= 11 is 0. The van der Waals surface area contributed by atoms with Gasteiger partial charge in [0.25, 0.3) is 5.91 Å². The van der Waals surface area contributed by atoms with E-state index < -0.39 is 24.6 Å². The van der Waals surface area contributed by atoms with Crippen LogP contribution >= 0.6 is 0 Å². The molecule has 1 amide bonds. The first-order valence-corrected chi connectivity index (χ1v) is 8.06. The fourth-order valence-electron chi connectivity index (χ4n) is 2.60. The van der Waals surface area contributed by atoms with Crippen LogP contribution in [-0.4, -0.2) is 50.3 Å². The molecule has 2 heterocycles. The third-order valence-electron chi connectivity index (χ3n) is 4.03. The van der Waals surface area contributed by atoms with Gasteiger partial charge in [-0.2, -0.15) is 0 Å². The quantitative estimate of drug-likeness (QED) is 0.617. The molecule has 1 unspecified atom stereocenters. The fourth-order valence-corrected chi connectivity index (χ4v) is 2.60. The third kappa shape index (κ3) is 4.10. The maximum atomic E-state index is 12.7. The minimum absolute atomic E-state index is 0.200. The van der Waals surface area contributed by atoms with Gasteiger partial charge in [0, 0.05) is 18.8 Å². The molecule has 24 heavy (non-hydrogen) atoms. The zero-order valence-corrected chi connectivity index (χ0v) is 14.1. The zero-order valence-electron chi connectivity index (χ0n) is 14.1. The number of hydrogen-bond donors (Lipinski definition) is 3. The topological polar surface area (TPSA) is 117 Å². The molecule has 1 aliphatic rings. The van der Waals surface area contributed by atoms with Crippen LogP contribution < -0.4 is 5.32 Å². The summed E-state index contributed by atoms with van der Waals surface area (Å²) in [6.07, 6.45) is 5.75. The Hall–Kier alpha value is -2.00. The largest absolute Gasteiger partial charge is 0.475 e. The van der Waals surface area contributed by atoms with E-state index in [0.29, 0.717) is 24.2 Å². The molecular formula is C15H23BN4O4. The minimum Gasteiger partial charge on any atom is -0.426 e. The minimum atomic E-state index is -1.63. The van der Waals surface area contributed by atoms with Crippen molar-refractivity contribution >= 4 is 18.7 Å². The van der Waals surface area contributed by atoms with E-state index in [0.717, 1.165) is 0 Å². The molecule has 0 saturated heterocycles. The summed E-state index contributed by atoms with van der Waals surface area (Å²) in [4.78, 5) is 26.3. The summed E-state index contributed by atoms with van der Waals surface area (Å²) in [5, 5.41) is 25.7. The maximum absolute atomic E-state index is 12.7. The van der Waals surface area contributed by atoms with Crippen molar-refractivity contribution in [3.63, 3.8) is 0 Å². The van der Waals surface area contributed by atoms with Crippen LogP contribution in [0.25, 0.3) is 0 Å². The lowest BCUT2D eigenvalue weighted by atomic mass is 9.74. The normalized spacial score (nSPS) is 21.2. The Morgan fingerprint density at radius 2 is 2.21 bits per heavy atom. The van der Waals surface area contributed by atoms with E-state index in [4.69, 9.17) is 4.84 Å². The van der Waals surface area contributed by atoms with Gasteiger partial charge in [-0.25, -0.2) is 0 Å². The summed E-state index contributed by atoms with van der Waals surface area (Å²) < 4.78 is 0. The molecule has 9 heteroatoms. The predicted molar refractivity (Wildman–Crippen MR) is 88.9 cm³/mol. The van der Waals surface area contributed by atoms with Crippen LogP contribution in [-0.2, 0) is 9.63 Å². The molecule has 1 aromatic heterocycles. The molecule has 130 valence electrons. The van der Waals surface area contributed by atoms with E-state index in [1.165, 1.54) is 0 Å². The molecule has 0 aromatic carbocycles. The first-order chi connectivity index (χ1) is 11.4. The van der Waals surface area contributed by atoms with E-state index in [2.05, 4.69) is 20.4 Å². The Morgan fingerprint density at radius 3 is 2.75 bits per heavy atom. The van der Waals surface area contributed by atoms with Gasteiger partial charge in [-0.05, 0) is 18.8 Å². The van der Waals surface area contributed by atoms with Gasteiger partial charge in [-0.1, -0.05) is 25.9 Å². The number of carbonyl (C=O) groups is 1. The highest BCUT2D eigenvalue weighted by atomic mass is 16.7. The smallest absolute Gasteiger partial charge is 0.426 e. The molecule has 0 aliphatic carbocycles. The first-order valence-electron chi connectivity index (χ1n) is 8.06. The Balaban J connectivity index is 2.09. The molecule has 1 aromatic rings. The predicted octanol–water partition coefficient (Wildman–Crippen LogP) is 0.293. The van der Waals surface area contributed by atoms with E-state index in [9.17, 15) is 14.8 Å². The molecule has 0 saturated carbocycles. The van der Waals surface area contributed by atoms with Crippen LogP contribution in [0.4, 0.5) is 0 Å². The van der Waals surface area contributed by atoms with Gasteiger partial charge in [0.2, 0.25) is 5.60 Å². The van der Waals surface area contributed by atoms with Gasteiger partial charge in [-0.15, -0.1) is 0 Å². The van der Waals surface area contributed by atoms with Crippen molar-refractivity contribution in [3.05, 3.63) is 24.3 Å². The van der Waals surface area contributed by atoms with Gasteiger partial charge in [0.1, 0.15) is 11.4 Å². The molecule has 0 bridgehead atoms.